The number of anilines is 1. The smallest absolute Gasteiger partial charge is 0.248 e. The van der Waals surface area contributed by atoms with Crippen molar-refractivity contribution in [3.63, 3.8) is 0 Å². The number of nitrogens with zero attached hydrogens (tertiary/aromatic N) is 3. The molecule has 0 radical (unpaired) electrons. The van der Waals surface area contributed by atoms with E-state index in [0.29, 0.717) is 30.9 Å². The lowest BCUT2D eigenvalue weighted by atomic mass is 9.99. The van der Waals surface area contributed by atoms with Gasteiger partial charge in [0.05, 0.1) is 5.92 Å². The van der Waals surface area contributed by atoms with Crippen molar-refractivity contribution in [3.8, 4) is 0 Å². The molecule has 0 bridgehead atoms. The maximum absolute atomic E-state index is 13.6. The van der Waals surface area contributed by atoms with E-state index >= 15 is 0 Å². The summed E-state index contributed by atoms with van der Waals surface area (Å²) in [4.78, 5) is 17.2. The molecule has 4 rings (SSSR count). The maximum Gasteiger partial charge on any atom is 0.248 e. The molecule has 3 heterocycles. The summed E-state index contributed by atoms with van der Waals surface area (Å²) >= 11 is 0. The highest BCUT2D eigenvalue weighted by Gasteiger charge is 2.37. The van der Waals surface area contributed by atoms with Gasteiger partial charge in [-0.1, -0.05) is 41.1 Å². The van der Waals surface area contributed by atoms with E-state index in [0.717, 1.165) is 22.4 Å². The number of hydrogen-bond donors (Lipinski definition) is 1. The molecule has 1 aliphatic rings. The molecule has 0 aliphatic carbocycles. The molecule has 1 atom stereocenters. The fraction of sp³-hybridized carbons (Fsp3) is 0.346. The van der Waals surface area contributed by atoms with Crippen LogP contribution in [0.3, 0.4) is 0 Å². The Morgan fingerprint density at radius 3 is 2.71 bits per heavy atom. The monoisotopic (exact) mass is 494 g/mol. The molecule has 1 N–H and O–H groups in total. The molecule has 184 valence electrons. The third kappa shape index (κ3) is 5.52. The van der Waals surface area contributed by atoms with Gasteiger partial charge < -0.3 is 9.84 Å². The quantitative estimate of drug-likeness (QED) is 0.540. The molecule has 8 nitrogen and oxygen atoms in total. The Morgan fingerprint density at radius 2 is 1.94 bits per heavy atom. The highest BCUT2D eigenvalue weighted by Crippen LogP contribution is 2.30. The molecule has 0 saturated carbocycles. The van der Waals surface area contributed by atoms with E-state index in [9.17, 15) is 13.2 Å². The van der Waals surface area contributed by atoms with E-state index in [2.05, 4.69) is 15.5 Å². The fourth-order valence-electron chi connectivity index (χ4n) is 4.25. The summed E-state index contributed by atoms with van der Waals surface area (Å²) < 4.78 is 34.0. The van der Waals surface area contributed by atoms with Gasteiger partial charge in [0.15, 0.2) is 10.7 Å². The second kappa shape index (κ2) is 10.1. The van der Waals surface area contributed by atoms with Crippen LogP contribution < -0.4 is 5.32 Å². The molecule has 0 spiro atoms. The average molecular weight is 495 g/mol. The predicted molar refractivity (Wildman–Crippen MR) is 135 cm³/mol. The molecule has 3 aromatic rings. The van der Waals surface area contributed by atoms with E-state index in [1.54, 1.807) is 19.1 Å². The first kappa shape index (κ1) is 24.8. The number of pyridine rings is 1. The molecule has 1 saturated heterocycles. The summed E-state index contributed by atoms with van der Waals surface area (Å²) in [7, 11) is -3.92. The first-order valence-corrected chi connectivity index (χ1v) is 13.1. The minimum atomic E-state index is -3.92. The van der Waals surface area contributed by atoms with Crippen molar-refractivity contribution in [2.75, 3.05) is 18.4 Å². The Hall–Kier alpha value is -3.30. The van der Waals surface area contributed by atoms with Crippen LogP contribution in [0.15, 0.2) is 45.8 Å². The van der Waals surface area contributed by atoms with Crippen molar-refractivity contribution in [3.05, 3.63) is 70.2 Å². The third-order valence-corrected chi connectivity index (χ3v) is 8.20. The number of carbonyl (C=O) groups excluding carboxylic acids is 1. The van der Waals surface area contributed by atoms with Crippen molar-refractivity contribution in [1.29, 1.82) is 0 Å². The topological polar surface area (TPSA) is 105 Å². The Balaban J connectivity index is 1.55. The zero-order valence-corrected chi connectivity index (χ0v) is 21.2. The number of amides is 1. The normalized spacial score (nSPS) is 17.1. The molecule has 1 aliphatic heterocycles. The van der Waals surface area contributed by atoms with Gasteiger partial charge in [-0.15, -0.1) is 0 Å². The fourth-order valence-corrected chi connectivity index (χ4v) is 6.02. The molecule has 1 fully saturated rings. The van der Waals surface area contributed by atoms with Crippen LogP contribution in [0.4, 0.5) is 5.82 Å². The zero-order valence-electron chi connectivity index (χ0n) is 20.4. The van der Waals surface area contributed by atoms with E-state index in [1.807, 2.05) is 57.2 Å². The van der Waals surface area contributed by atoms with Crippen molar-refractivity contribution in [2.45, 2.75) is 45.4 Å². The molecule has 9 heteroatoms. The highest BCUT2D eigenvalue weighted by atomic mass is 32.2. The number of hydrogen-bond acceptors (Lipinski definition) is 6. The second-order valence-corrected chi connectivity index (χ2v) is 10.9. The van der Waals surface area contributed by atoms with Crippen LogP contribution in [-0.4, -0.2) is 41.9 Å². The number of nitrogens with one attached hydrogen (secondary N) is 1. The summed E-state index contributed by atoms with van der Waals surface area (Å²) in [6.45, 7) is 7.88. The minimum absolute atomic E-state index is 0.0421. The molecular formula is C26H30N4O4S. The first-order valence-electron chi connectivity index (χ1n) is 11.6. The van der Waals surface area contributed by atoms with Crippen LogP contribution >= 0.6 is 0 Å². The number of carbonyl (C=O) groups is 1. The van der Waals surface area contributed by atoms with E-state index in [4.69, 9.17) is 4.52 Å². The molecule has 0 unspecified atom stereocenters. The van der Waals surface area contributed by atoms with Crippen LogP contribution in [0.2, 0.25) is 0 Å². The van der Waals surface area contributed by atoms with Gasteiger partial charge in [-0.3, -0.25) is 4.79 Å². The highest BCUT2D eigenvalue weighted by molar-refractivity contribution is 7.89. The summed E-state index contributed by atoms with van der Waals surface area (Å²) in [5.41, 5.74) is 4.24. The predicted octanol–water partition coefficient (Wildman–Crippen LogP) is 4.51. The second-order valence-electron chi connectivity index (χ2n) is 9.01. The third-order valence-electron chi connectivity index (χ3n) is 6.17. The largest absolute Gasteiger partial charge is 0.355 e. The van der Waals surface area contributed by atoms with Crippen molar-refractivity contribution in [1.82, 2.24) is 14.4 Å². The number of sulfonamides is 1. The van der Waals surface area contributed by atoms with Gasteiger partial charge in [0.25, 0.3) is 0 Å². The molecule has 1 amide bonds. The lowest BCUT2D eigenvalue weighted by Gasteiger charge is -2.31. The molecule has 1 aromatic carbocycles. The molecular weight excluding hydrogens is 464 g/mol. The minimum Gasteiger partial charge on any atom is -0.355 e. The standard InChI is InChI=1S/C26H30N4O4S/c1-17-10-11-18(2)21(15-17)12-13-23-25(20(4)29-34-23)35(32,33)30-14-6-8-22(16-30)26(31)28-24-9-5-7-19(3)27-24/h5,7,9-13,15,22H,6,8,14,16H2,1-4H3,(H,27,28,31)/b13-12+/t22-/m1/s1. The average Bonchev–Trinajstić information content (AvgIpc) is 3.21. The van der Waals surface area contributed by atoms with Gasteiger partial charge in [-0.05, 0) is 69.9 Å². The lowest BCUT2D eigenvalue weighted by Crippen LogP contribution is -2.44. The van der Waals surface area contributed by atoms with Crippen LogP contribution in [0.1, 0.15) is 46.7 Å². The summed E-state index contributed by atoms with van der Waals surface area (Å²) in [5, 5.41) is 6.75. The zero-order chi connectivity index (χ0) is 25.2. The number of piperidine rings is 1. The summed E-state index contributed by atoms with van der Waals surface area (Å²) in [6.07, 6.45) is 4.66. The number of rotatable bonds is 6. The van der Waals surface area contributed by atoms with Gasteiger partial charge in [0.2, 0.25) is 15.9 Å². The Bertz CT molecular complexity index is 1380. The lowest BCUT2D eigenvalue weighted by molar-refractivity contribution is -0.120. The Labute approximate surface area is 206 Å². The van der Waals surface area contributed by atoms with Gasteiger partial charge in [0, 0.05) is 18.8 Å². The Morgan fingerprint density at radius 1 is 1.14 bits per heavy atom. The van der Waals surface area contributed by atoms with Crippen LogP contribution in [0.5, 0.6) is 0 Å². The summed E-state index contributed by atoms with van der Waals surface area (Å²) in [5.74, 6) is -0.0716. The van der Waals surface area contributed by atoms with Gasteiger partial charge >= 0.3 is 0 Å². The van der Waals surface area contributed by atoms with Gasteiger partial charge in [-0.25, -0.2) is 13.4 Å². The molecule has 35 heavy (non-hydrogen) atoms. The first-order chi connectivity index (χ1) is 16.6. The van der Waals surface area contributed by atoms with Crippen molar-refractivity contribution >= 4 is 33.9 Å². The maximum atomic E-state index is 13.6. The number of benzene rings is 1. The van der Waals surface area contributed by atoms with E-state index in [1.165, 1.54) is 4.31 Å². The van der Waals surface area contributed by atoms with Crippen LogP contribution in [-0.2, 0) is 14.8 Å². The van der Waals surface area contributed by atoms with Gasteiger partial charge in [-0.2, -0.15) is 4.31 Å². The van der Waals surface area contributed by atoms with Crippen LogP contribution in [0.25, 0.3) is 12.2 Å². The van der Waals surface area contributed by atoms with Crippen molar-refractivity contribution in [2.24, 2.45) is 5.92 Å². The molecule has 2 aromatic heterocycles. The number of aromatic nitrogens is 2. The van der Waals surface area contributed by atoms with E-state index < -0.39 is 15.9 Å². The van der Waals surface area contributed by atoms with Gasteiger partial charge in [0.1, 0.15) is 11.5 Å². The van der Waals surface area contributed by atoms with Crippen LogP contribution in [0, 0.1) is 33.6 Å². The van der Waals surface area contributed by atoms with Crippen molar-refractivity contribution < 1.29 is 17.7 Å². The Kier molecular flexibility index (Phi) is 7.18. The van der Waals surface area contributed by atoms with E-state index in [-0.39, 0.29) is 23.1 Å². The SMILES string of the molecule is Cc1ccc(C)c(/C=C/c2onc(C)c2S(=O)(=O)N2CCC[C@@H](C(=O)Nc3cccc(C)n3)C2)c1. The summed E-state index contributed by atoms with van der Waals surface area (Å²) in [6, 6.07) is 11.5. The number of aryl methyl sites for hydroxylation is 4.